The Kier molecular flexibility index (Phi) is 5.85. The van der Waals surface area contributed by atoms with Gasteiger partial charge < -0.3 is 14.5 Å². The molecule has 6 heteroatoms. The predicted octanol–water partition coefficient (Wildman–Crippen LogP) is 3.78. The zero-order valence-corrected chi connectivity index (χ0v) is 17.5. The van der Waals surface area contributed by atoms with E-state index in [1.54, 1.807) is 7.11 Å². The van der Waals surface area contributed by atoms with Gasteiger partial charge in [0.05, 0.1) is 12.0 Å². The Hall–Kier alpha value is -1.69. The van der Waals surface area contributed by atoms with E-state index in [-0.39, 0.29) is 16.7 Å². The first-order valence-corrected chi connectivity index (χ1v) is 11.5. The minimum Gasteiger partial charge on any atom is -0.497 e. The van der Waals surface area contributed by atoms with Gasteiger partial charge in [-0.15, -0.1) is 11.8 Å². The van der Waals surface area contributed by atoms with E-state index in [0.29, 0.717) is 11.5 Å². The molecule has 0 aromatic heterocycles. The highest BCUT2D eigenvalue weighted by Gasteiger charge is 2.47. The molecule has 2 heterocycles. The molecule has 0 radical (unpaired) electrons. The fourth-order valence-corrected chi connectivity index (χ4v) is 6.34. The third kappa shape index (κ3) is 3.76. The van der Waals surface area contributed by atoms with Crippen LogP contribution in [-0.2, 0) is 4.79 Å². The quantitative estimate of drug-likeness (QED) is 0.772. The molecular formula is C22H30N2O3S. The topological polar surface area (TPSA) is 49.9 Å². The smallest absolute Gasteiger partial charge is 0.255 e. The van der Waals surface area contributed by atoms with Crippen LogP contribution in [0, 0.1) is 5.92 Å². The second kappa shape index (κ2) is 8.36. The van der Waals surface area contributed by atoms with E-state index in [2.05, 4.69) is 9.80 Å². The molecule has 0 bridgehead atoms. The number of likely N-dealkylation sites (tertiary alicyclic amines) is 1. The summed E-state index contributed by atoms with van der Waals surface area (Å²) in [6.45, 7) is 2.33. The van der Waals surface area contributed by atoms with Crippen LogP contribution < -0.4 is 4.74 Å². The van der Waals surface area contributed by atoms with Gasteiger partial charge in [0.25, 0.3) is 5.91 Å². The van der Waals surface area contributed by atoms with Crippen molar-refractivity contribution in [1.82, 2.24) is 9.80 Å². The first-order chi connectivity index (χ1) is 13.6. The third-order valence-corrected chi connectivity index (χ3v) is 8.12. The highest BCUT2D eigenvalue weighted by Crippen LogP contribution is 2.45. The molecule has 2 saturated heterocycles. The van der Waals surface area contributed by atoms with E-state index >= 15 is 0 Å². The maximum absolute atomic E-state index is 13.2. The SMILES string of the molecule is COc1ccc(C(=O)N2CCSC23CCN(C(=O)C2CCCCC2)CC3)cc1. The lowest BCUT2D eigenvalue weighted by molar-refractivity contribution is -0.138. The van der Waals surface area contributed by atoms with Crippen molar-refractivity contribution in [2.75, 3.05) is 32.5 Å². The summed E-state index contributed by atoms with van der Waals surface area (Å²) in [5.41, 5.74) is 0.711. The van der Waals surface area contributed by atoms with Crippen molar-refractivity contribution >= 4 is 23.6 Å². The van der Waals surface area contributed by atoms with Gasteiger partial charge in [0.2, 0.25) is 5.91 Å². The summed E-state index contributed by atoms with van der Waals surface area (Å²) in [6.07, 6.45) is 7.50. The van der Waals surface area contributed by atoms with Crippen molar-refractivity contribution in [3.63, 3.8) is 0 Å². The molecule has 1 saturated carbocycles. The van der Waals surface area contributed by atoms with Crippen LogP contribution in [0.1, 0.15) is 55.3 Å². The van der Waals surface area contributed by atoms with Gasteiger partial charge in [-0.25, -0.2) is 0 Å². The highest BCUT2D eigenvalue weighted by molar-refractivity contribution is 8.00. The lowest BCUT2D eigenvalue weighted by Gasteiger charge is -2.45. The molecule has 152 valence electrons. The van der Waals surface area contributed by atoms with E-state index in [4.69, 9.17) is 4.74 Å². The first kappa shape index (κ1) is 19.6. The number of nitrogens with zero attached hydrogens (tertiary/aromatic N) is 2. The van der Waals surface area contributed by atoms with Crippen LogP contribution in [-0.4, -0.2) is 59.0 Å². The maximum Gasteiger partial charge on any atom is 0.255 e. The Bertz CT molecular complexity index is 707. The molecule has 2 aliphatic heterocycles. The van der Waals surface area contributed by atoms with Crippen LogP contribution in [0.25, 0.3) is 0 Å². The average molecular weight is 403 g/mol. The van der Waals surface area contributed by atoms with E-state index < -0.39 is 0 Å². The molecule has 1 aromatic carbocycles. The molecule has 0 N–H and O–H groups in total. The number of hydrogen-bond donors (Lipinski definition) is 0. The summed E-state index contributed by atoms with van der Waals surface area (Å²) < 4.78 is 5.20. The van der Waals surface area contributed by atoms with Crippen molar-refractivity contribution in [2.45, 2.75) is 49.8 Å². The van der Waals surface area contributed by atoms with Gasteiger partial charge in [-0.3, -0.25) is 9.59 Å². The van der Waals surface area contributed by atoms with Crippen LogP contribution in [0.4, 0.5) is 0 Å². The minimum absolute atomic E-state index is 0.0970. The molecule has 4 rings (SSSR count). The number of benzene rings is 1. The molecule has 3 fully saturated rings. The van der Waals surface area contributed by atoms with Crippen LogP contribution in [0.5, 0.6) is 5.75 Å². The molecular weight excluding hydrogens is 372 g/mol. The number of ether oxygens (including phenoxy) is 1. The number of thioether (sulfide) groups is 1. The van der Waals surface area contributed by atoms with Crippen LogP contribution in [0.15, 0.2) is 24.3 Å². The van der Waals surface area contributed by atoms with Gasteiger partial charge in [0.15, 0.2) is 0 Å². The van der Waals surface area contributed by atoms with Crippen molar-refractivity contribution in [1.29, 1.82) is 0 Å². The number of methoxy groups -OCH3 is 1. The minimum atomic E-state index is -0.152. The summed E-state index contributed by atoms with van der Waals surface area (Å²) in [5.74, 6) is 2.41. The standard InChI is InChI=1S/C22H30N2O3S/c1-27-19-9-7-18(8-10-19)21(26)24-15-16-28-22(24)11-13-23(14-12-22)20(25)17-5-3-2-4-6-17/h7-10,17H,2-6,11-16H2,1H3. The van der Waals surface area contributed by atoms with Gasteiger partial charge in [0, 0.05) is 36.9 Å². The second-order valence-electron chi connectivity index (χ2n) is 8.14. The lowest BCUT2D eigenvalue weighted by atomic mass is 9.87. The van der Waals surface area contributed by atoms with Gasteiger partial charge in [-0.1, -0.05) is 19.3 Å². The largest absolute Gasteiger partial charge is 0.497 e. The number of carbonyl (C=O) groups excluding carboxylic acids is 2. The summed E-state index contributed by atoms with van der Waals surface area (Å²) in [6, 6.07) is 7.38. The molecule has 28 heavy (non-hydrogen) atoms. The number of amides is 2. The number of hydrogen-bond acceptors (Lipinski definition) is 4. The van der Waals surface area contributed by atoms with Crippen molar-refractivity contribution in [3.8, 4) is 5.75 Å². The normalized spacial score (nSPS) is 22.5. The monoisotopic (exact) mass is 402 g/mol. The van der Waals surface area contributed by atoms with Gasteiger partial charge in [-0.05, 0) is 49.9 Å². The van der Waals surface area contributed by atoms with Crippen molar-refractivity contribution in [3.05, 3.63) is 29.8 Å². The van der Waals surface area contributed by atoms with Gasteiger partial charge in [-0.2, -0.15) is 0 Å². The molecule has 1 aromatic rings. The maximum atomic E-state index is 13.2. The van der Waals surface area contributed by atoms with E-state index in [1.807, 2.05) is 36.0 Å². The van der Waals surface area contributed by atoms with E-state index in [1.165, 1.54) is 19.3 Å². The van der Waals surface area contributed by atoms with Gasteiger partial charge in [0.1, 0.15) is 5.75 Å². The number of piperidine rings is 1. The van der Waals surface area contributed by atoms with Crippen LogP contribution >= 0.6 is 11.8 Å². The average Bonchev–Trinajstić information content (AvgIpc) is 3.17. The lowest BCUT2D eigenvalue weighted by Crippen LogP contribution is -2.54. The first-order valence-electron chi connectivity index (χ1n) is 10.5. The van der Waals surface area contributed by atoms with Crippen molar-refractivity contribution in [2.24, 2.45) is 5.92 Å². The second-order valence-corrected chi connectivity index (χ2v) is 9.60. The molecule has 2 amide bonds. The molecule has 5 nitrogen and oxygen atoms in total. The number of rotatable bonds is 3. The van der Waals surface area contributed by atoms with Gasteiger partial charge >= 0.3 is 0 Å². The zero-order chi connectivity index (χ0) is 19.6. The molecule has 0 atom stereocenters. The van der Waals surface area contributed by atoms with E-state index in [0.717, 1.165) is 56.8 Å². The Morgan fingerprint density at radius 2 is 1.71 bits per heavy atom. The molecule has 0 unspecified atom stereocenters. The predicted molar refractivity (Wildman–Crippen MR) is 112 cm³/mol. The summed E-state index contributed by atoms with van der Waals surface area (Å²) >= 11 is 1.90. The zero-order valence-electron chi connectivity index (χ0n) is 16.7. The molecule has 1 spiro atoms. The fourth-order valence-electron chi connectivity index (χ4n) is 4.88. The third-order valence-electron chi connectivity index (χ3n) is 6.57. The highest BCUT2D eigenvalue weighted by atomic mass is 32.2. The molecule has 3 aliphatic rings. The Balaban J connectivity index is 1.41. The fraction of sp³-hybridized carbons (Fsp3) is 0.636. The summed E-state index contributed by atoms with van der Waals surface area (Å²) in [4.78, 5) is 30.0. The Morgan fingerprint density at radius 1 is 1.04 bits per heavy atom. The van der Waals surface area contributed by atoms with Crippen LogP contribution in [0.2, 0.25) is 0 Å². The number of carbonyl (C=O) groups is 2. The van der Waals surface area contributed by atoms with Crippen LogP contribution in [0.3, 0.4) is 0 Å². The molecule has 1 aliphatic carbocycles. The van der Waals surface area contributed by atoms with E-state index in [9.17, 15) is 9.59 Å². The van der Waals surface area contributed by atoms with Crippen molar-refractivity contribution < 1.29 is 14.3 Å². The summed E-state index contributed by atoms with van der Waals surface area (Å²) in [7, 11) is 1.63. The summed E-state index contributed by atoms with van der Waals surface area (Å²) in [5, 5.41) is 0. The Morgan fingerprint density at radius 3 is 2.36 bits per heavy atom. The Labute approximate surface area is 171 Å².